The summed E-state index contributed by atoms with van der Waals surface area (Å²) in [5, 5.41) is 2.41. The number of alkyl halides is 5. The highest BCUT2D eigenvalue weighted by molar-refractivity contribution is 7.89. The molecule has 4 rings (SSSR count). The van der Waals surface area contributed by atoms with Gasteiger partial charge >= 0.3 is 6.36 Å². The fraction of sp³-hybridized carbons (Fsp3) is 0.250. The second-order valence-corrected chi connectivity index (χ2v) is 10.3. The SMILES string of the molecule is O=C(NCc1cc(-c2ccc(OC(F)(F)F)cc2)ccn1)[C@@H]1CC(F)(F)CN1S(=O)(=O)c1ccc(F)cc1. The summed E-state index contributed by atoms with van der Waals surface area (Å²) < 4.78 is 109. The fourth-order valence-electron chi connectivity index (χ4n) is 3.90. The van der Waals surface area contributed by atoms with Gasteiger partial charge in [0.25, 0.3) is 5.92 Å². The van der Waals surface area contributed by atoms with Crippen LogP contribution in [0.3, 0.4) is 0 Å². The zero-order valence-corrected chi connectivity index (χ0v) is 20.1. The summed E-state index contributed by atoms with van der Waals surface area (Å²) in [6.45, 7) is -1.46. The van der Waals surface area contributed by atoms with Crippen LogP contribution < -0.4 is 10.1 Å². The van der Waals surface area contributed by atoms with E-state index in [1.54, 1.807) is 6.07 Å². The van der Waals surface area contributed by atoms with Crippen LogP contribution in [0.15, 0.2) is 71.8 Å². The van der Waals surface area contributed by atoms with E-state index in [1.807, 2.05) is 0 Å². The largest absolute Gasteiger partial charge is 0.573 e. The summed E-state index contributed by atoms with van der Waals surface area (Å²) in [5.74, 6) is -5.56. The van der Waals surface area contributed by atoms with Crippen LogP contribution in [-0.2, 0) is 21.4 Å². The van der Waals surface area contributed by atoms with Gasteiger partial charge in [0.15, 0.2) is 0 Å². The van der Waals surface area contributed by atoms with Crippen LogP contribution in [0.25, 0.3) is 11.1 Å². The minimum atomic E-state index is -4.83. The lowest BCUT2D eigenvalue weighted by atomic mass is 10.1. The number of hydrogen-bond acceptors (Lipinski definition) is 5. The van der Waals surface area contributed by atoms with E-state index in [-0.39, 0.29) is 12.2 Å². The molecule has 14 heteroatoms. The molecule has 1 aliphatic rings. The highest BCUT2D eigenvalue weighted by Crippen LogP contribution is 2.36. The lowest BCUT2D eigenvalue weighted by Crippen LogP contribution is -2.45. The Labute approximate surface area is 213 Å². The molecule has 0 aliphatic carbocycles. The van der Waals surface area contributed by atoms with Crippen molar-refractivity contribution >= 4 is 15.9 Å². The maximum atomic E-state index is 14.2. The summed E-state index contributed by atoms with van der Waals surface area (Å²) in [5.41, 5.74) is 1.33. The van der Waals surface area contributed by atoms with Gasteiger partial charge in [-0.3, -0.25) is 9.78 Å². The number of hydrogen-bond donors (Lipinski definition) is 1. The number of nitrogens with one attached hydrogen (secondary N) is 1. The van der Waals surface area contributed by atoms with Crippen LogP contribution in [0.5, 0.6) is 5.75 Å². The average Bonchev–Trinajstić information content (AvgIpc) is 3.19. The second kappa shape index (κ2) is 10.3. The van der Waals surface area contributed by atoms with E-state index in [0.29, 0.717) is 15.4 Å². The van der Waals surface area contributed by atoms with Gasteiger partial charge in [0.05, 0.1) is 23.7 Å². The summed E-state index contributed by atoms with van der Waals surface area (Å²) >= 11 is 0. The molecule has 1 aliphatic heterocycles. The van der Waals surface area contributed by atoms with E-state index in [2.05, 4.69) is 15.0 Å². The standard InChI is InChI=1S/C24H19F6N3O4S/c25-17-3-7-20(8-4-17)38(35,36)33-14-23(26,27)12-21(33)22(34)32-13-18-11-16(9-10-31-18)15-1-5-19(6-2-15)37-24(28,29)30/h1-11,21H,12-14H2,(H,32,34)/t21-/m0/s1. The third-order valence-corrected chi connectivity index (χ3v) is 7.50. The Morgan fingerprint density at radius 2 is 1.71 bits per heavy atom. The van der Waals surface area contributed by atoms with E-state index in [4.69, 9.17) is 0 Å². The molecular weight excluding hydrogens is 540 g/mol. The third kappa shape index (κ3) is 6.42. The number of ether oxygens (including phenoxy) is 1. The van der Waals surface area contributed by atoms with E-state index >= 15 is 0 Å². The molecule has 202 valence electrons. The van der Waals surface area contributed by atoms with Crippen LogP contribution in [0.4, 0.5) is 26.3 Å². The molecule has 1 aromatic heterocycles. The Morgan fingerprint density at radius 1 is 1.05 bits per heavy atom. The zero-order chi connectivity index (χ0) is 27.7. The number of benzene rings is 2. The number of sulfonamides is 1. The molecule has 0 saturated carbocycles. The van der Waals surface area contributed by atoms with E-state index in [1.165, 1.54) is 24.4 Å². The first-order valence-electron chi connectivity index (χ1n) is 11.0. The van der Waals surface area contributed by atoms with Crippen LogP contribution in [0.2, 0.25) is 0 Å². The quantitative estimate of drug-likeness (QED) is 0.431. The number of rotatable bonds is 7. The Hall–Kier alpha value is -3.65. The Bertz CT molecular complexity index is 1410. The minimum Gasteiger partial charge on any atom is -0.406 e. The van der Waals surface area contributed by atoms with E-state index in [0.717, 1.165) is 36.4 Å². The normalized spacial score (nSPS) is 17.8. The molecule has 38 heavy (non-hydrogen) atoms. The number of halogens is 6. The van der Waals surface area contributed by atoms with Crippen molar-refractivity contribution in [2.45, 2.75) is 36.2 Å². The van der Waals surface area contributed by atoms with Crippen molar-refractivity contribution in [2.75, 3.05) is 6.54 Å². The number of aromatic nitrogens is 1. The predicted octanol–water partition coefficient (Wildman–Crippen LogP) is 4.50. The first kappa shape index (κ1) is 27.4. The number of carbonyl (C=O) groups excluding carboxylic acids is 1. The van der Waals surface area contributed by atoms with Crippen LogP contribution >= 0.6 is 0 Å². The van der Waals surface area contributed by atoms with Gasteiger partial charge in [-0.2, -0.15) is 4.31 Å². The van der Waals surface area contributed by atoms with Gasteiger partial charge in [-0.05, 0) is 59.7 Å². The molecule has 0 spiro atoms. The molecule has 1 N–H and O–H groups in total. The summed E-state index contributed by atoms with van der Waals surface area (Å²) in [6, 6.07) is 9.98. The van der Waals surface area contributed by atoms with Gasteiger partial charge in [-0.15, -0.1) is 13.2 Å². The van der Waals surface area contributed by atoms with Crippen molar-refractivity contribution < 1.29 is 44.3 Å². The van der Waals surface area contributed by atoms with Gasteiger partial charge in [0.1, 0.15) is 17.6 Å². The fourth-order valence-corrected chi connectivity index (χ4v) is 5.52. The molecular formula is C24H19F6N3O4S. The molecule has 0 radical (unpaired) electrons. The first-order valence-corrected chi connectivity index (χ1v) is 12.4. The number of carbonyl (C=O) groups is 1. The molecule has 1 amide bonds. The van der Waals surface area contributed by atoms with Crippen molar-refractivity contribution in [3.05, 3.63) is 78.4 Å². The van der Waals surface area contributed by atoms with Crippen molar-refractivity contribution in [3.8, 4) is 16.9 Å². The Kier molecular flexibility index (Phi) is 7.39. The lowest BCUT2D eigenvalue weighted by molar-refractivity contribution is -0.274. The van der Waals surface area contributed by atoms with Crippen LogP contribution in [-0.4, -0.2) is 48.5 Å². The van der Waals surface area contributed by atoms with E-state index in [9.17, 15) is 39.6 Å². The molecule has 1 fully saturated rings. The minimum absolute atomic E-state index is 0.242. The van der Waals surface area contributed by atoms with E-state index < -0.39 is 63.7 Å². The average molecular weight is 559 g/mol. The monoisotopic (exact) mass is 559 g/mol. The molecule has 7 nitrogen and oxygen atoms in total. The van der Waals surface area contributed by atoms with Crippen molar-refractivity contribution in [1.29, 1.82) is 0 Å². The number of nitrogens with zero attached hydrogens (tertiary/aromatic N) is 2. The smallest absolute Gasteiger partial charge is 0.406 e. The third-order valence-electron chi connectivity index (χ3n) is 5.63. The van der Waals surface area contributed by atoms with Gasteiger partial charge in [-0.1, -0.05) is 12.1 Å². The van der Waals surface area contributed by atoms with Crippen molar-refractivity contribution in [2.24, 2.45) is 0 Å². The first-order chi connectivity index (χ1) is 17.7. The Morgan fingerprint density at radius 3 is 2.34 bits per heavy atom. The number of amides is 1. The molecule has 1 atom stereocenters. The topological polar surface area (TPSA) is 88.6 Å². The summed E-state index contributed by atoms with van der Waals surface area (Å²) in [6.07, 6.45) is -4.49. The summed E-state index contributed by atoms with van der Waals surface area (Å²) in [7, 11) is -4.53. The van der Waals surface area contributed by atoms with Crippen LogP contribution in [0.1, 0.15) is 12.1 Å². The molecule has 2 aromatic carbocycles. The van der Waals surface area contributed by atoms with Gasteiger partial charge in [-0.25, -0.2) is 21.6 Å². The second-order valence-electron chi connectivity index (χ2n) is 8.41. The Balaban J connectivity index is 1.47. The van der Waals surface area contributed by atoms with Crippen molar-refractivity contribution in [1.82, 2.24) is 14.6 Å². The highest BCUT2D eigenvalue weighted by atomic mass is 32.2. The molecule has 2 heterocycles. The molecule has 3 aromatic rings. The molecule has 0 unspecified atom stereocenters. The molecule has 0 bridgehead atoms. The predicted molar refractivity (Wildman–Crippen MR) is 122 cm³/mol. The van der Waals surface area contributed by atoms with Gasteiger partial charge in [0.2, 0.25) is 15.9 Å². The lowest BCUT2D eigenvalue weighted by Gasteiger charge is -2.22. The van der Waals surface area contributed by atoms with Gasteiger partial charge < -0.3 is 10.1 Å². The maximum Gasteiger partial charge on any atom is 0.573 e. The summed E-state index contributed by atoms with van der Waals surface area (Å²) in [4.78, 5) is 16.5. The zero-order valence-electron chi connectivity index (χ0n) is 19.3. The van der Waals surface area contributed by atoms with Gasteiger partial charge in [0, 0.05) is 12.6 Å². The van der Waals surface area contributed by atoms with Crippen molar-refractivity contribution in [3.63, 3.8) is 0 Å². The van der Waals surface area contributed by atoms with Crippen LogP contribution in [0, 0.1) is 5.82 Å². The maximum absolute atomic E-state index is 14.2. The highest BCUT2D eigenvalue weighted by Gasteiger charge is 2.52. The molecule has 1 saturated heterocycles. The number of pyridine rings is 1.